The van der Waals surface area contributed by atoms with Crippen molar-refractivity contribution < 1.29 is 13.2 Å². The molecule has 0 radical (unpaired) electrons. The lowest BCUT2D eigenvalue weighted by Gasteiger charge is -2.30. The molecule has 0 spiro atoms. The van der Waals surface area contributed by atoms with Crippen molar-refractivity contribution in [2.24, 2.45) is 0 Å². The molecule has 1 heterocycles. The molecule has 1 saturated heterocycles. The van der Waals surface area contributed by atoms with Crippen molar-refractivity contribution in [3.05, 3.63) is 64.2 Å². The second-order valence-electron chi connectivity index (χ2n) is 6.88. The third-order valence-corrected chi connectivity index (χ3v) is 6.86. The molecule has 0 N–H and O–H groups in total. The van der Waals surface area contributed by atoms with Crippen molar-refractivity contribution in [3.63, 3.8) is 0 Å². The maximum atomic E-state index is 12.9. The number of aryl methyl sites for hydroxylation is 1. The van der Waals surface area contributed by atoms with Gasteiger partial charge in [-0.05, 0) is 55.2 Å². The molecule has 5 nitrogen and oxygen atoms in total. The van der Waals surface area contributed by atoms with E-state index in [1.807, 2.05) is 25.1 Å². The van der Waals surface area contributed by atoms with Crippen LogP contribution in [0.2, 0.25) is 5.02 Å². The van der Waals surface area contributed by atoms with E-state index in [1.165, 1.54) is 4.31 Å². The highest BCUT2D eigenvalue weighted by molar-refractivity contribution is 7.92. The second-order valence-corrected chi connectivity index (χ2v) is 9.33. The summed E-state index contributed by atoms with van der Waals surface area (Å²) in [5.74, 6) is 0.00164. The lowest BCUT2D eigenvalue weighted by atomic mass is 10.1. The van der Waals surface area contributed by atoms with E-state index >= 15 is 0 Å². The third kappa shape index (κ3) is 4.45. The minimum Gasteiger partial charge on any atom is -0.337 e. The highest BCUT2D eigenvalue weighted by Gasteiger charge is 2.28. The Morgan fingerprint density at radius 1 is 1.15 bits per heavy atom. The number of hydrogen-bond acceptors (Lipinski definition) is 3. The molecule has 0 atom stereocenters. The zero-order chi connectivity index (χ0) is 19.6. The zero-order valence-electron chi connectivity index (χ0n) is 15.5. The van der Waals surface area contributed by atoms with Gasteiger partial charge in [0.15, 0.2) is 0 Å². The average molecular weight is 407 g/mol. The number of sulfonamides is 1. The van der Waals surface area contributed by atoms with E-state index in [0.29, 0.717) is 35.8 Å². The Bertz CT molecular complexity index is 942. The number of nitrogens with zero attached hydrogens (tertiary/aromatic N) is 2. The first-order chi connectivity index (χ1) is 12.8. The first-order valence-electron chi connectivity index (χ1n) is 8.89. The van der Waals surface area contributed by atoms with Gasteiger partial charge in [0.05, 0.1) is 11.4 Å². The number of hydrogen-bond donors (Lipinski definition) is 0. The molecular weight excluding hydrogens is 384 g/mol. The van der Waals surface area contributed by atoms with E-state index in [0.717, 1.165) is 17.5 Å². The Morgan fingerprint density at radius 3 is 2.52 bits per heavy atom. The highest BCUT2D eigenvalue weighted by Crippen LogP contribution is 2.28. The van der Waals surface area contributed by atoms with Crippen molar-refractivity contribution in [1.82, 2.24) is 4.90 Å². The minimum absolute atomic E-state index is 0.152. The molecule has 0 aliphatic carbocycles. The average Bonchev–Trinajstić information content (AvgIpc) is 2.63. The first-order valence-corrected chi connectivity index (χ1v) is 10.9. The van der Waals surface area contributed by atoms with Gasteiger partial charge in [-0.2, -0.15) is 0 Å². The van der Waals surface area contributed by atoms with Crippen LogP contribution in [0.1, 0.15) is 34.3 Å². The summed E-state index contributed by atoms with van der Waals surface area (Å²) < 4.78 is 26.3. The van der Waals surface area contributed by atoms with Crippen LogP contribution in [-0.4, -0.2) is 38.6 Å². The molecule has 27 heavy (non-hydrogen) atoms. The van der Waals surface area contributed by atoms with Crippen LogP contribution in [0.25, 0.3) is 0 Å². The van der Waals surface area contributed by atoms with Gasteiger partial charge in [0, 0.05) is 30.7 Å². The fourth-order valence-electron chi connectivity index (χ4n) is 3.23. The van der Waals surface area contributed by atoms with E-state index in [-0.39, 0.29) is 11.7 Å². The zero-order valence-corrected chi connectivity index (χ0v) is 17.1. The summed E-state index contributed by atoms with van der Waals surface area (Å²) in [7, 11) is -1.59. The van der Waals surface area contributed by atoms with Crippen LogP contribution in [0.4, 0.5) is 5.69 Å². The van der Waals surface area contributed by atoms with Crippen LogP contribution in [0, 0.1) is 6.92 Å². The number of anilines is 1. The molecular formula is C20H23ClN2O3S. The summed E-state index contributed by atoms with van der Waals surface area (Å²) in [5, 5.41) is 0.652. The maximum Gasteiger partial charge on any atom is 0.253 e. The van der Waals surface area contributed by atoms with Gasteiger partial charge in [0.25, 0.3) is 5.91 Å². The van der Waals surface area contributed by atoms with Crippen LogP contribution in [0.5, 0.6) is 0 Å². The van der Waals surface area contributed by atoms with Crippen molar-refractivity contribution in [2.45, 2.75) is 26.3 Å². The number of amides is 1. The predicted octanol–water partition coefficient (Wildman–Crippen LogP) is 3.85. The summed E-state index contributed by atoms with van der Waals surface area (Å²) >= 11 is 5.90. The van der Waals surface area contributed by atoms with E-state index in [4.69, 9.17) is 11.6 Å². The molecule has 0 saturated carbocycles. The SMILES string of the molecule is Cc1ccc(C(=O)N(C)Cc2ccc(Cl)cc2)cc1N1CCCCS1(=O)=O. The largest absolute Gasteiger partial charge is 0.337 e. The van der Waals surface area contributed by atoms with Gasteiger partial charge >= 0.3 is 0 Å². The summed E-state index contributed by atoms with van der Waals surface area (Å²) in [6, 6.07) is 12.6. The Labute approximate surface area is 165 Å². The molecule has 144 valence electrons. The topological polar surface area (TPSA) is 57.7 Å². The number of carbonyl (C=O) groups excluding carboxylic acids is 1. The molecule has 0 bridgehead atoms. The fourth-order valence-corrected chi connectivity index (χ4v) is 5.05. The third-order valence-electron chi connectivity index (χ3n) is 4.75. The normalized spacial score (nSPS) is 16.2. The summed E-state index contributed by atoms with van der Waals surface area (Å²) in [4.78, 5) is 14.5. The van der Waals surface area contributed by atoms with E-state index in [1.54, 1.807) is 36.2 Å². The minimum atomic E-state index is -3.32. The van der Waals surface area contributed by atoms with Crippen LogP contribution in [0.15, 0.2) is 42.5 Å². The predicted molar refractivity (Wildman–Crippen MR) is 109 cm³/mol. The molecule has 1 aliphatic rings. The second kappa shape index (κ2) is 7.90. The van der Waals surface area contributed by atoms with Crippen LogP contribution < -0.4 is 4.31 Å². The van der Waals surface area contributed by atoms with Crippen LogP contribution in [0.3, 0.4) is 0 Å². The Balaban J connectivity index is 1.84. The quantitative estimate of drug-likeness (QED) is 0.774. The van der Waals surface area contributed by atoms with Crippen molar-refractivity contribution in [1.29, 1.82) is 0 Å². The molecule has 7 heteroatoms. The van der Waals surface area contributed by atoms with E-state index < -0.39 is 10.0 Å². The van der Waals surface area contributed by atoms with Crippen LogP contribution >= 0.6 is 11.6 Å². The van der Waals surface area contributed by atoms with Crippen LogP contribution in [-0.2, 0) is 16.6 Å². The number of carbonyl (C=O) groups is 1. The molecule has 3 rings (SSSR count). The number of benzene rings is 2. The lowest BCUT2D eigenvalue weighted by molar-refractivity contribution is 0.0785. The molecule has 1 fully saturated rings. The summed E-state index contributed by atoms with van der Waals surface area (Å²) in [6.07, 6.45) is 1.51. The molecule has 2 aromatic rings. The first kappa shape index (κ1) is 19.7. The van der Waals surface area contributed by atoms with Gasteiger partial charge in [0.1, 0.15) is 0 Å². The highest BCUT2D eigenvalue weighted by atomic mass is 35.5. The Kier molecular flexibility index (Phi) is 5.77. The number of rotatable bonds is 4. The van der Waals surface area contributed by atoms with E-state index in [9.17, 15) is 13.2 Å². The standard InChI is InChI=1S/C20H23ClN2O3S/c1-15-5-8-17(13-19(15)23-11-3-4-12-27(23,25)26)20(24)22(2)14-16-6-9-18(21)10-7-16/h5-10,13H,3-4,11-12,14H2,1-2H3. The lowest BCUT2D eigenvalue weighted by Crippen LogP contribution is -2.38. The number of halogens is 1. The van der Waals surface area contributed by atoms with E-state index in [2.05, 4.69) is 0 Å². The monoisotopic (exact) mass is 406 g/mol. The van der Waals surface area contributed by atoms with Crippen molar-refractivity contribution in [3.8, 4) is 0 Å². The van der Waals surface area contributed by atoms with Gasteiger partial charge in [0.2, 0.25) is 10.0 Å². The molecule has 2 aromatic carbocycles. The van der Waals surface area contributed by atoms with Gasteiger partial charge in [-0.1, -0.05) is 29.8 Å². The summed E-state index contributed by atoms with van der Waals surface area (Å²) in [6.45, 7) is 2.77. The molecule has 0 aromatic heterocycles. The van der Waals surface area contributed by atoms with Crippen molar-refractivity contribution in [2.75, 3.05) is 23.7 Å². The van der Waals surface area contributed by atoms with Gasteiger partial charge in [-0.25, -0.2) is 8.42 Å². The Hall–Kier alpha value is -2.05. The summed E-state index contributed by atoms with van der Waals surface area (Å²) in [5.41, 5.74) is 2.90. The fraction of sp³-hybridized carbons (Fsp3) is 0.350. The smallest absolute Gasteiger partial charge is 0.253 e. The van der Waals surface area contributed by atoms with Gasteiger partial charge in [-0.3, -0.25) is 9.10 Å². The van der Waals surface area contributed by atoms with Gasteiger partial charge in [-0.15, -0.1) is 0 Å². The Morgan fingerprint density at radius 2 is 1.85 bits per heavy atom. The van der Waals surface area contributed by atoms with Crippen molar-refractivity contribution >= 4 is 33.2 Å². The molecule has 1 amide bonds. The molecule has 0 unspecified atom stereocenters. The maximum absolute atomic E-state index is 12.9. The van der Waals surface area contributed by atoms with Gasteiger partial charge < -0.3 is 4.90 Å². The molecule has 1 aliphatic heterocycles.